The molecule has 0 aromatic heterocycles. The van der Waals surface area contributed by atoms with Crippen LogP contribution >= 0.6 is 0 Å². The number of carbonyl (C=O) groups excluding carboxylic acids is 1. The van der Waals surface area contributed by atoms with Gasteiger partial charge in [-0.25, -0.2) is 4.79 Å². The first kappa shape index (κ1) is 15.3. The van der Waals surface area contributed by atoms with E-state index in [0.29, 0.717) is 0 Å². The number of ether oxygens (including phenoxy) is 1. The van der Waals surface area contributed by atoms with Crippen molar-refractivity contribution < 1.29 is 9.53 Å². The van der Waals surface area contributed by atoms with E-state index in [2.05, 4.69) is 46.9 Å². The molecule has 1 fully saturated rings. The Kier molecular flexibility index (Phi) is 4.68. The maximum Gasteiger partial charge on any atom is 0.407 e. The Morgan fingerprint density at radius 2 is 1.50 bits per heavy atom. The minimum Gasteiger partial charge on any atom is -0.446 e. The van der Waals surface area contributed by atoms with E-state index < -0.39 is 0 Å². The van der Waals surface area contributed by atoms with Gasteiger partial charge in [-0.3, -0.25) is 0 Å². The predicted molar refractivity (Wildman–Crippen MR) is 74.6 cm³/mol. The molecule has 1 aliphatic rings. The Morgan fingerprint density at radius 3 is 1.89 bits per heavy atom. The molecule has 0 saturated heterocycles. The van der Waals surface area contributed by atoms with Gasteiger partial charge in [-0.2, -0.15) is 0 Å². The molecular formula is C15H29NO2. The molecular weight excluding hydrogens is 226 g/mol. The van der Waals surface area contributed by atoms with Gasteiger partial charge in [-0.05, 0) is 36.5 Å². The van der Waals surface area contributed by atoms with Crippen molar-refractivity contribution in [3.05, 3.63) is 0 Å². The lowest BCUT2D eigenvalue weighted by Crippen LogP contribution is -2.52. The topological polar surface area (TPSA) is 38.3 Å². The van der Waals surface area contributed by atoms with Crippen LogP contribution in [0.25, 0.3) is 0 Å². The smallest absolute Gasteiger partial charge is 0.407 e. The molecule has 1 N–H and O–H groups in total. The average Bonchev–Trinajstić information content (AvgIpc) is 2.63. The van der Waals surface area contributed by atoms with E-state index in [1.165, 1.54) is 12.8 Å². The average molecular weight is 255 g/mol. The van der Waals surface area contributed by atoms with Crippen molar-refractivity contribution in [1.82, 2.24) is 5.32 Å². The van der Waals surface area contributed by atoms with E-state index >= 15 is 0 Å². The zero-order valence-corrected chi connectivity index (χ0v) is 12.8. The lowest BCUT2D eigenvalue weighted by atomic mass is 9.72. The van der Waals surface area contributed by atoms with Crippen LogP contribution in [0.15, 0.2) is 0 Å². The molecule has 0 atom stereocenters. The number of alkyl carbamates (subject to hydrolysis) is 1. The molecule has 0 aromatic rings. The third-order valence-corrected chi connectivity index (χ3v) is 3.57. The quantitative estimate of drug-likeness (QED) is 0.806. The molecule has 0 aliphatic heterocycles. The summed E-state index contributed by atoms with van der Waals surface area (Å²) < 4.78 is 5.48. The first-order valence-electron chi connectivity index (χ1n) is 7.08. The fourth-order valence-corrected chi connectivity index (χ4v) is 3.04. The van der Waals surface area contributed by atoms with E-state index in [9.17, 15) is 4.79 Å². The Bertz CT molecular complexity index is 266. The second kappa shape index (κ2) is 5.50. The van der Waals surface area contributed by atoms with Crippen LogP contribution in [0.1, 0.15) is 67.2 Å². The summed E-state index contributed by atoms with van der Waals surface area (Å²) in [5.41, 5.74) is 0.0416. The van der Waals surface area contributed by atoms with Crippen molar-refractivity contribution in [2.75, 3.05) is 0 Å². The fourth-order valence-electron chi connectivity index (χ4n) is 3.04. The molecule has 1 amide bonds. The maximum absolute atomic E-state index is 12.0. The van der Waals surface area contributed by atoms with Crippen LogP contribution in [0.3, 0.4) is 0 Å². The summed E-state index contributed by atoms with van der Waals surface area (Å²) in [5.74, 6) is 0. The molecule has 1 aliphatic carbocycles. The van der Waals surface area contributed by atoms with Gasteiger partial charge in [0.05, 0.1) is 0 Å². The zero-order valence-electron chi connectivity index (χ0n) is 12.8. The molecule has 1 saturated carbocycles. The molecule has 0 bridgehead atoms. The third-order valence-electron chi connectivity index (χ3n) is 3.57. The molecule has 106 valence electrons. The molecule has 0 spiro atoms. The minimum atomic E-state index is -0.253. The third kappa shape index (κ3) is 4.51. The minimum absolute atomic E-state index is 0.0208. The van der Waals surface area contributed by atoms with Crippen LogP contribution in [-0.2, 0) is 4.74 Å². The van der Waals surface area contributed by atoms with E-state index in [4.69, 9.17) is 4.74 Å². The Balaban J connectivity index is 2.58. The van der Waals surface area contributed by atoms with Crippen LogP contribution in [0.2, 0.25) is 0 Å². The highest BCUT2D eigenvalue weighted by molar-refractivity contribution is 5.68. The van der Waals surface area contributed by atoms with E-state index in [0.717, 1.165) is 12.8 Å². The van der Waals surface area contributed by atoms with Crippen LogP contribution in [0, 0.1) is 10.8 Å². The zero-order chi connectivity index (χ0) is 14.0. The number of hydrogen-bond acceptors (Lipinski definition) is 2. The summed E-state index contributed by atoms with van der Waals surface area (Å²) in [6.07, 6.45) is 4.27. The van der Waals surface area contributed by atoms with Gasteiger partial charge >= 0.3 is 6.09 Å². The largest absolute Gasteiger partial charge is 0.446 e. The monoisotopic (exact) mass is 255 g/mol. The van der Waals surface area contributed by atoms with Gasteiger partial charge in [0.1, 0.15) is 6.10 Å². The summed E-state index contributed by atoms with van der Waals surface area (Å²) in [4.78, 5) is 12.0. The van der Waals surface area contributed by atoms with Gasteiger partial charge in [-0.15, -0.1) is 0 Å². The summed E-state index contributed by atoms with van der Waals surface area (Å²) in [7, 11) is 0. The van der Waals surface area contributed by atoms with Crippen molar-refractivity contribution in [2.24, 2.45) is 10.8 Å². The Labute approximate surface area is 112 Å². The fraction of sp³-hybridized carbons (Fsp3) is 0.933. The van der Waals surface area contributed by atoms with E-state index in [1.807, 2.05) is 0 Å². The molecule has 3 nitrogen and oxygen atoms in total. The van der Waals surface area contributed by atoms with Gasteiger partial charge < -0.3 is 10.1 Å². The van der Waals surface area contributed by atoms with Crippen molar-refractivity contribution in [1.29, 1.82) is 0 Å². The first-order valence-corrected chi connectivity index (χ1v) is 7.08. The van der Waals surface area contributed by atoms with Gasteiger partial charge in [0.2, 0.25) is 0 Å². The van der Waals surface area contributed by atoms with Gasteiger partial charge in [0, 0.05) is 6.04 Å². The van der Waals surface area contributed by atoms with Crippen LogP contribution in [0.5, 0.6) is 0 Å². The summed E-state index contributed by atoms with van der Waals surface area (Å²) in [5, 5.41) is 3.06. The lowest BCUT2D eigenvalue weighted by molar-refractivity contribution is 0.0739. The van der Waals surface area contributed by atoms with Crippen molar-refractivity contribution in [3.63, 3.8) is 0 Å². The molecule has 0 heterocycles. The number of amides is 1. The summed E-state index contributed by atoms with van der Waals surface area (Å²) >= 11 is 0. The molecule has 0 unspecified atom stereocenters. The summed E-state index contributed by atoms with van der Waals surface area (Å²) in [6, 6.07) is 0.0962. The Morgan fingerprint density at radius 1 is 1.06 bits per heavy atom. The SMILES string of the molecule is CC(C)(C)C(NC(=O)OC1CCCC1)C(C)(C)C. The van der Waals surface area contributed by atoms with Crippen molar-refractivity contribution >= 4 is 6.09 Å². The van der Waals surface area contributed by atoms with Crippen molar-refractivity contribution in [2.45, 2.75) is 79.4 Å². The maximum atomic E-state index is 12.0. The van der Waals surface area contributed by atoms with Gasteiger partial charge in [0.15, 0.2) is 0 Å². The number of rotatable bonds is 2. The molecule has 0 aromatic carbocycles. The lowest BCUT2D eigenvalue weighted by Gasteiger charge is -2.40. The van der Waals surface area contributed by atoms with Crippen LogP contribution in [0.4, 0.5) is 4.79 Å². The first-order chi connectivity index (χ1) is 8.10. The molecule has 1 rings (SSSR count). The molecule has 3 heteroatoms. The second-order valence-corrected chi connectivity index (χ2v) is 7.62. The van der Waals surface area contributed by atoms with Crippen LogP contribution < -0.4 is 5.32 Å². The predicted octanol–water partition coefficient (Wildman–Crippen LogP) is 4.12. The van der Waals surface area contributed by atoms with E-state index in [-0.39, 0.29) is 29.1 Å². The van der Waals surface area contributed by atoms with E-state index in [1.54, 1.807) is 0 Å². The summed E-state index contributed by atoms with van der Waals surface area (Å²) in [6.45, 7) is 12.9. The van der Waals surface area contributed by atoms with Crippen molar-refractivity contribution in [3.8, 4) is 0 Å². The molecule has 0 radical (unpaired) electrons. The van der Waals surface area contributed by atoms with Gasteiger partial charge in [0.25, 0.3) is 0 Å². The molecule has 18 heavy (non-hydrogen) atoms. The van der Waals surface area contributed by atoms with Crippen LogP contribution in [-0.4, -0.2) is 18.2 Å². The number of nitrogens with one attached hydrogen (secondary N) is 1. The highest BCUT2D eigenvalue weighted by Crippen LogP contribution is 2.33. The normalized spacial score (nSPS) is 18.2. The standard InChI is InChI=1S/C15H29NO2/c1-14(2,3)12(15(4,5)6)16-13(17)18-11-9-7-8-10-11/h11-12H,7-10H2,1-6H3,(H,16,17). The highest BCUT2D eigenvalue weighted by Gasteiger charge is 2.36. The number of hydrogen-bond donors (Lipinski definition) is 1. The second-order valence-electron chi connectivity index (χ2n) is 7.62. The van der Waals surface area contributed by atoms with Gasteiger partial charge in [-0.1, -0.05) is 41.5 Å². The Hall–Kier alpha value is -0.730. The number of carbonyl (C=O) groups is 1. The highest BCUT2D eigenvalue weighted by atomic mass is 16.6.